The molecule has 4 aromatic rings. The van der Waals surface area contributed by atoms with Crippen molar-refractivity contribution in [1.29, 1.82) is 0 Å². The Balaban J connectivity index is 0.000000363. The second kappa shape index (κ2) is 30.3. The maximum absolute atomic E-state index is 12.6. The predicted molar refractivity (Wildman–Crippen MR) is 257 cm³/mol. The van der Waals surface area contributed by atoms with E-state index in [0.29, 0.717) is 6.61 Å². The number of aliphatic hydroxyl groups excluding tert-OH is 1. The minimum absolute atomic E-state index is 0.0389. The third-order valence-electron chi connectivity index (χ3n) is 8.04. The van der Waals surface area contributed by atoms with Crippen LogP contribution in [0.5, 0.6) is 5.88 Å². The first kappa shape index (κ1) is 55.2. The molecule has 0 aliphatic carbocycles. The highest BCUT2D eigenvalue weighted by Crippen LogP contribution is 2.38. The van der Waals surface area contributed by atoms with Crippen LogP contribution in [0, 0.1) is 27.4 Å². The highest BCUT2D eigenvalue weighted by molar-refractivity contribution is 14.1. The summed E-state index contributed by atoms with van der Waals surface area (Å²) >= 11 is 10.2. The fourth-order valence-corrected chi connectivity index (χ4v) is 6.08. The van der Waals surface area contributed by atoms with Crippen molar-refractivity contribution in [3.63, 3.8) is 0 Å². The normalized spacial score (nSPS) is 11.3. The number of aliphatic hydroxyl groups is 1. The van der Waals surface area contributed by atoms with Crippen molar-refractivity contribution in [3.8, 4) is 5.88 Å². The Morgan fingerprint density at radius 2 is 1.20 bits per heavy atom. The third kappa shape index (κ3) is 19.0. The number of nitrogens with two attached hydrogens (primary N) is 2. The van der Waals surface area contributed by atoms with E-state index in [1.54, 1.807) is 21.0 Å². The molecule has 0 radical (unpaired) electrons. The molecule has 1 aliphatic rings. The average Bonchev–Trinajstić information content (AvgIpc) is 3.84. The molecular formula is C40H51ClI2N8O13. The number of pyridine rings is 2. The van der Waals surface area contributed by atoms with Crippen LogP contribution in [0.1, 0.15) is 37.8 Å². The standard InChI is InChI=1S/C18H21IN4O6.C15H14ClIN4O4.C4H8O.C3H8O2/c1-3-28-18(24)22(11-12-4-6-13(19)7-5-12)14-10-15(29-9-8-27-2)21-17(20)16(14)23(25)26;1-2-25-15(22)20(8-9-3-5-10(17)6-4-9)11-7-12(16)19-14(18)13(11)21(23)24;1-2-4-5-3-1;1-5-3-2-4/h4-7,10H,3,8-9,11H2,1-2H3,(H2,20,21);3-7H,2,8H2,1H3,(H2,18,19);1-4H2;4H,2-3H2,1H3. The van der Waals surface area contributed by atoms with E-state index in [4.69, 9.17) is 51.9 Å². The number of amides is 2. The SMILES string of the molecule is C1CCOC1.CCOC(=O)N(Cc1ccc(I)cc1)c1cc(Cl)nc(N)c1[N+](=O)[O-].CCOC(=O)N(Cc1ccc(I)cc1)c1cc(OCCOC)nc(N)c1[N+](=O)[O-].COCCO. The van der Waals surface area contributed by atoms with Gasteiger partial charge >= 0.3 is 23.6 Å². The molecule has 0 saturated carbocycles. The molecule has 0 atom stereocenters. The molecule has 0 unspecified atom stereocenters. The van der Waals surface area contributed by atoms with Crippen molar-refractivity contribution in [2.24, 2.45) is 0 Å². The van der Waals surface area contributed by atoms with Crippen molar-refractivity contribution in [2.45, 2.75) is 39.8 Å². The van der Waals surface area contributed by atoms with Crippen LogP contribution in [0.4, 0.5) is 44.0 Å². The number of carbonyl (C=O) groups is 2. The number of hydrogen-bond acceptors (Lipinski definition) is 17. The van der Waals surface area contributed by atoms with Crippen LogP contribution >= 0.6 is 56.8 Å². The lowest BCUT2D eigenvalue weighted by atomic mass is 10.2. The van der Waals surface area contributed by atoms with Crippen LogP contribution in [0.25, 0.3) is 0 Å². The molecular weight excluding hydrogens is 1090 g/mol. The predicted octanol–water partition coefficient (Wildman–Crippen LogP) is 7.78. The number of nitrogen functional groups attached to an aromatic ring is 2. The van der Waals surface area contributed by atoms with E-state index in [1.165, 1.54) is 32.1 Å². The molecule has 64 heavy (non-hydrogen) atoms. The van der Waals surface area contributed by atoms with Gasteiger partial charge in [0.2, 0.25) is 17.5 Å². The Hall–Kier alpha value is -4.93. The summed E-state index contributed by atoms with van der Waals surface area (Å²) in [4.78, 5) is 56.5. The number of rotatable bonds is 16. The van der Waals surface area contributed by atoms with Gasteiger partial charge in [-0.2, -0.15) is 4.98 Å². The number of aromatic nitrogens is 2. The van der Waals surface area contributed by atoms with Crippen LogP contribution in [0.3, 0.4) is 0 Å². The molecule has 5 N–H and O–H groups in total. The highest BCUT2D eigenvalue weighted by atomic mass is 127. The van der Waals surface area contributed by atoms with Gasteiger partial charge in [0.05, 0.1) is 56.0 Å². The zero-order chi connectivity index (χ0) is 47.6. The van der Waals surface area contributed by atoms with Crippen molar-refractivity contribution in [2.75, 3.05) is 88.3 Å². The zero-order valence-electron chi connectivity index (χ0n) is 35.6. The van der Waals surface area contributed by atoms with Crippen molar-refractivity contribution in [1.82, 2.24) is 9.97 Å². The summed E-state index contributed by atoms with van der Waals surface area (Å²) in [5.41, 5.74) is 11.8. The van der Waals surface area contributed by atoms with Gasteiger partial charge in [-0.05, 0) is 107 Å². The number of anilines is 4. The molecule has 2 aromatic heterocycles. The number of hydrogen-bond donors (Lipinski definition) is 3. The number of benzene rings is 2. The number of halogens is 3. The average molecular weight is 1140 g/mol. The summed E-state index contributed by atoms with van der Waals surface area (Å²) in [6, 6.07) is 17.2. The molecule has 3 heterocycles. The molecule has 1 aliphatic heterocycles. The van der Waals surface area contributed by atoms with E-state index in [1.807, 2.05) is 48.5 Å². The fourth-order valence-electron chi connectivity index (χ4n) is 5.17. The Morgan fingerprint density at radius 1 is 0.766 bits per heavy atom. The van der Waals surface area contributed by atoms with E-state index in [-0.39, 0.29) is 80.2 Å². The van der Waals surface area contributed by atoms with Gasteiger partial charge in [0.25, 0.3) is 0 Å². The molecule has 0 bridgehead atoms. The number of nitrogens with zero attached hydrogens (tertiary/aromatic N) is 6. The maximum atomic E-state index is 12.6. The molecule has 24 heteroatoms. The van der Waals surface area contributed by atoms with Crippen LogP contribution in [0.2, 0.25) is 5.15 Å². The van der Waals surface area contributed by atoms with Crippen LogP contribution in [0.15, 0.2) is 60.7 Å². The fraction of sp³-hybridized carbons (Fsp3) is 0.400. The summed E-state index contributed by atoms with van der Waals surface area (Å²) in [6.45, 7) is 6.62. The van der Waals surface area contributed by atoms with Gasteiger partial charge < -0.3 is 45.0 Å². The lowest BCUT2D eigenvalue weighted by Gasteiger charge is -2.22. The maximum Gasteiger partial charge on any atom is 0.414 e. The largest absolute Gasteiger partial charge is 0.475 e. The highest BCUT2D eigenvalue weighted by Gasteiger charge is 2.32. The third-order valence-corrected chi connectivity index (χ3v) is 9.67. The summed E-state index contributed by atoms with van der Waals surface area (Å²) in [7, 11) is 3.06. The minimum atomic E-state index is -0.748. The van der Waals surface area contributed by atoms with Crippen LogP contribution in [-0.2, 0) is 36.8 Å². The Bertz CT molecular complexity index is 2080. The molecule has 350 valence electrons. The number of carbonyl (C=O) groups excluding carboxylic acids is 2. The van der Waals surface area contributed by atoms with E-state index in [9.17, 15) is 29.8 Å². The summed E-state index contributed by atoms with van der Waals surface area (Å²) in [6.07, 6.45) is 1.06. The lowest BCUT2D eigenvalue weighted by molar-refractivity contribution is -0.383. The number of ether oxygens (including phenoxy) is 6. The van der Waals surface area contributed by atoms with Gasteiger partial charge in [0, 0.05) is 46.7 Å². The van der Waals surface area contributed by atoms with Gasteiger partial charge in [-0.1, -0.05) is 35.9 Å². The Labute approximate surface area is 402 Å². The van der Waals surface area contributed by atoms with Crippen molar-refractivity contribution < 1.29 is 53.0 Å². The topological polar surface area (TPSA) is 280 Å². The second-order valence-corrected chi connectivity index (χ2v) is 15.5. The molecule has 2 amide bonds. The van der Waals surface area contributed by atoms with Crippen LogP contribution in [-0.4, -0.2) is 104 Å². The van der Waals surface area contributed by atoms with Gasteiger partial charge in [-0.25, -0.2) is 14.6 Å². The molecule has 2 aromatic carbocycles. The molecule has 0 spiro atoms. The molecule has 5 rings (SSSR count). The van der Waals surface area contributed by atoms with E-state index in [2.05, 4.69) is 59.9 Å². The molecule has 1 fully saturated rings. The molecule has 21 nitrogen and oxygen atoms in total. The van der Waals surface area contributed by atoms with Gasteiger partial charge in [0.15, 0.2) is 0 Å². The van der Waals surface area contributed by atoms with Gasteiger partial charge in [-0.3, -0.25) is 30.0 Å². The number of methoxy groups -OCH3 is 2. The van der Waals surface area contributed by atoms with E-state index < -0.39 is 33.4 Å². The lowest BCUT2D eigenvalue weighted by Crippen LogP contribution is -2.32. The molecule has 1 saturated heterocycles. The number of nitro groups is 2. The Kier molecular flexibility index (Phi) is 26.1. The van der Waals surface area contributed by atoms with E-state index in [0.717, 1.165) is 41.3 Å². The summed E-state index contributed by atoms with van der Waals surface area (Å²) in [5.74, 6) is -0.696. The van der Waals surface area contributed by atoms with Crippen molar-refractivity contribution >= 4 is 103 Å². The first-order chi connectivity index (χ1) is 30.6. The second-order valence-electron chi connectivity index (χ2n) is 12.6. The van der Waals surface area contributed by atoms with Crippen LogP contribution < -0.4 is 26.0 Å². The van der Waals surface area contributed by atoms with Gasteiger partial charge in [-0.15, -0.1) is 0 Å². The summed E-state index contributed by atoms with van der Waals surface area (Å²) < 4.78 is 31.9. The smallest absolute Gasteiger partial charge is 0.414 e. The van der Waals surface area contributed by atoms with E-state index >= 15 is 0 Å². The Morgan fingerprint density at radius 3 is 1.56 bits per heavy atom. The van der Waals surface area contributed by atoms with Gasteiger partial charge in [0.1, 0.15) is 23.1 Å². The minimum Gasteiger partial charge on any atom is -0.475 e. The first-order valence-electron chi connectivity index (χ1n) is 19.3. The van der Waals surface area contributed by atoms with Crippen molar-refractivity contribution in [3.05, 3.63) is 104 Å². The quantitative estimate of drug-likeness (QED) is 0.0317. The first-order valence-corrected chi connectivity index (χ1v) is 21.9. The zero-order valence-corrected chi connectivity index (χ0v) is 40.6. The monoisotopic (exact) mass is 1140 g/mol. The summed E-state index contributed by atoms with van der Waals surface area (Å²) in [5, 5.41) is 30.9.